The maximum atomic E-state index is 11.6. The van der Waals surface area contributed by atoms with Crippen molar-refractivity contribution in [2.75, 3.05) is 60.7 Å². The van der Waals surface area contributed by atoms with Crippen molar-refractivity contribution < 1.29 is 72.0 Å². The molecule has 0 bridgehead atoms. The number of carbonyl (C=O) groups is 2. The maximum Gasteiger partial charge on any atom is 0.220 e. The van der Waals surface area contributed by atoms with E-state index in [4.69, 9.17) is 28.4 Å². The van der Waals surface area contributed by atoms with Crippen LogP contribution in [0.25, 0.3) is 18.2 Å². The Morgan fingerprint density at radius 3 is 1.53 bits per heavy atom. The van der Waals surface area contributed by atoms with Gasteiger partial charge < -0.3 is 58.6 Å². The van der Waals surface area contributed by atoms with Gasteiger partial charge in [0.1, 0.15) is 30.4 Å². The molecule has 0 aliphatic carbocycles. The van der Waals surface area contributed by atoms with Crippen LogP contribution in [0.15, 0.2) is 79.4 Å². The summed E-state index contributed by atoms with van der Waals surface area (Å²) >= 11 is 0. The van der Waals surface area contributed by atoms with Crippen LogP contribution >= 0.6 is 21.6 Å². The third-order valence-corrected chi connectivity index (χ3v) is 11.8. The van der Waals surface area contributed by atoms with E-state index in [1.54, 1.807) is 42.7 Å². The number of ether oxygens (including phenoxy) is 6. The largest absolute Gasteiger partial charge is 1.00 e. The predicted molar refractivity (Wildman–Crippen MR) is 256 cm³/mol. The molecule has 11 nitrogen and oxygen atoms in total. The van der Waals surface area contributed by atoms with Gasteiger partial charge in [0.05, 0.1) is 42.7 Å². The highest BCUT2D eigenvalue weighted by atomic mass is 35.5. The number of hydrogen-bond acceptors (Lipinski definition) is 10. The van der Waals surface area contributed by atoms with E-state index in [0.717, 1.165) is 66.4 Å². The second kappa shape index (κ2) is 35.7. The van der Waals surface area contributed by atoms with Gasteiger partial charge in [-0.25, -0.2) is 9.13 Å². The van der Waals surface area contributed by atoms with Gasteiger partial charge in [-0.05, 0) is 43.5 Å². The Kier molecular flexibility index (Phi) is 33.2. The fraction of sp³-hybridized carbons (Fsp3) is 0.429. The number of benzene rings is 2. The molecule has 4 rings (SSSR count). The zero-order valence-corrected chi connectivity index (χ0v) is 42.4. The van der Waals surface area contributed by atoms with E-state index in [1.807, 2.05) is 109 Å². The van der Waals surface area contributed by atoms with Crippen molar-refractivity contribution in [3.63, 3.8) is 0 Å². The number of Topliss-reactive ketones (excluding diaryl/α,β-unsaturated/α-hetero) is 1. The molecule has 4 aromatic rings. The lowest BCUT2D eigenvalue weighted by atomic mass is 10.1. The first-order valence-corrected chi connectivity index (χ1v) is 23.5. The van der Waals surface area contributed by atoms with Crippen molar-refractivity contribution in [1.82, 2.24) is 5.32 Å². The maximum absolute atomic E-state index is 11.6. The highest BCUT2D eigenvalue weighted by Gasteiger charge is 2.11. The van der Waals surface area contributed by atoms with Crippen LogP contribution in [-0.2, 0) is 22.7 Å². The number of aromatic nitrogens is 2. The number of carbonyl (C=O) groups excluding carboxylic acids is 2. The Bertz CT molecular complexity index is 1970. The lowest BCUT2D eigenvalue weighted by Gasteiger charge is -2.12. The summed E-state index contributed by atoms with van der Waals surface area (Å²) in [6, 6.07) is 15.7. The van der Waals surface area contributed by atoms with Crippen LogP contribution in [0.4, 0.5) is 0 Å². The first-order chi connectivity index (χ1) is 30.1. The van der Waals surface area contributed by atoms with Crippen LogP contribution in [0.3, 0.4) is 0 Å². The molecule has 1 N–H and O–H groups in total. The molecule has 2 aromatic heterocycles. The van der Waals surface area contributed by atoms with Gasteiger partial charge in [-0.2, -0.15) is 0 Å². The number of ketones is 1. The number of methoxy groups -OCH3 is 6. The summed E-state index contributed by atoms with van der Waals surface area (Å²) in [5.41, 5.74) is 4.22. The molecular weight excluding hydrogens is 894 g/mol. The Balaban J connectivity index is 0.000000956. The molecule has 0 spiro atoms. The number of nitrogens with zero attached hydrogens (tertiary/aromatic N) is 2. The number of hydrogen-bond donors (Lipinski definition) is 1. The molecule has 0 saturated carbocycles. The van der Waals surface area contributed by atoms with Crippen molar-refractivity contribution >= 4 is 51.5 Å². The topological polar surface area (TPSA) is 109 Å². The second-order valence-electron chi connectivity index (χ2n) is 13.8. The van der Waals surface area contributed by atoms with Crippen molar-refractivity contribution in [2.45, 2.75) is 79.3 Å². The smallest absolute Gasteiger partial charge is 0.220 e. The van der Waals surface area contributed by atoms with Gasteiger partial charge in [0.15, 0.2) is 47.8 Å². The van der Waals surface area contributed by atoms with Crippen LogP contribution in [0.5, 0.6) is 34.5 Å². The molecule has 354 valence electrons. The zero-order chi connectivity index (χ0) is 45.5. The summed E-state index contributed by atoms with van der Waals surface area (Å²) in [6.45, 7) is 10.6. The molecule has 0 saturated heterocycles. The number of rotatable bonds is 24. The Morgan fingerprint density at radius 1 is 0.609 bits per heavy atom. The highest BCUT2D eigenvalue weighted by molar-refractivity contribution is 8.76. The van der Waals surface area contributed by atoms with Crippen LogP contribution in [0.1, 0.15) is 81.5 Å². The number of allylic oxidation sites excluding steroid dienone is 1. The molecule has 64 heavy (non-hydrogen) atoms. The van der Waals surface area contributed by atoms with E-state index in [2.05, 4.69) is 52.8 Å². The molecule has 0 unspecified atom stereocenters. The van der Waals surface area contributed by atoms with Crippen molar-refractivity contribution in [3.05, 3.63) is 102 Å². The van der Waals surface area contributed by atoms with E-state index >= 15 is 0 Å². The van der Waals surface area contributed by atoms with E-state index < -0.39 is 0 Å². The standard InChI is InChI=1S/C22H28NO4.C15H24N2OS2.C12H16O3.2ClH/c1-5-19(24)7-6-12-23-13-10-17(11-14-23)8-9-18-15-21(26-3)22(27-4)16-20(18)25-2;1-3-12-19-20-13-8-16-15(18)5-4-9-17-10-6-14(2)7-11-17;1-5-6-9-7-11(14-3)12(15-4)8-10(9)13-2;;/h8-11,13-16H,5-7,12H2,1-4H3;6-7,10-11H,3-5,8-9,12-13H2,1-2H3;5-8H,1-4H3;2*1H/q+1;;;;/p-1/b9-8+;;6-5+;;. The quantitative estimate of drug-likeness (QED) is 0.0636. The van der Waals surface area contributed by atoms with Gasteiger partial charge in [-0.3, -0.25) is 9.59 Å². The van der Waals surface area contributed by atoms with E-state index in [1.165, 1.54) is 17.7 Å². The lowest BCUT2D eigenvalue weighted by Crippen LogP contribution is -3.00. The third-order valence-electron chi connectivity index (χ3n) is 9.21. The van der Waals surface area contributed by atoms with Gasteiger partial charge in [-0.15, -0.1) is 0 Å². The van der Waals surface area contributed by atoms with E-state index in [0.29, 0.717) is 48.0 Å². The molecule has 0 radical (unpaired) electrons. The number of halogens is 2. The highest BCUT2D eigenvalue weighted by Crippen LogP contribution is 2.36. The molecule has 1 amide bonds. The second-order valence-corrected chi connectivity index (χ2v) is 16.5. The van der Waals surface area contributed by atoms with Gasteiger partial charge in [0.2, 0.25) is 5.91 Å². The average molecular weight is 963 g/mol. The number of aryl methyl sites for hydroxylation is 3. The molecule has 2 aromatic carbocycles. The third kappa shape index (κ3) is 22.9. The van der Waals surface area contributed by atoms with Crippen LogP contribution in [0.2, 0.25) is 0 Å². The molecular formula is C49H69Cl2N3O8S2. The Morgan fingerprint density at radius 2 is 1.06 bits per heavy atom. The minimum absolute atomic E-state index is 0. The predicted octanol–water partition coefficient (Wildman–Crippen LogP) is 3.65. The van der Waals surface area contributed by atoms with E-state index in [-0.39, 0.29) is 30.7 Å². The summed E-state index contributed by atoms with van der Waals surface area (Å²) in [5, 5.41) is 2.97. The Hall–Kier alpha value is -4.56. The van der Waals surface area contributed by atoms with Crippen molar-refractivity contribution in [2.24, 2.45) is 0 Å². The summed E-state index contributed by atoms with van der Waals surface area (Å²) in [7, 11) is 13.4. The van der Waals surface area contributed by atoms with Crippen LogP contribution in [-0.4, -0.2) is 72.4 Å². The Labute approximate surface area is 402 Å². The summed E-state index contributed by atoms with van der Waals surface area (Å²) < 4.78 is 36.0. The summed E-state index contributed by atoms with van der Waals surface area (Å²) in [4.78, 5) is 23.0. The van der Waals surface area contributed by atoms with Crippen molar-refractivity contribution in [1.29, 1.82) is 0 Å². The van der Waals surface area contributed by atoms with Gasteiger partial charge >= 0.3 is 0 Å². The molecule has 2 heterocycles. The molecule has 0 fully saturated rings. The SMILES string of the molecule is C/C=C/c1cc(OC)c(OC)cc1OC.CCC(=O)CCC[n+]1ccc(/C=C/c2cc(OC)c(OC)cc2OC)cc1.CCCSSCCNC(=O)CCC[n+]1ccc(C)cc1.[Cl-].[Cl-]. The molecule has 0 aliphatic heterocycles. The van der Waals surface area contributed by atoms with Gasteiger partial charge in [0.25, 0.3) is 0 Å². The number of pyridine rings is 2. The molecule has 15 heteroatoms. The van der Waals surface area contributed by atoms with E-state index in [9.17, 15) is 9.59 Å². The first kappa shape index (κ1) is 59.4. The molecule has 0 aliphatic rings. The average Bonchev–Trinajstić information content (AvgIpc) is 3.30. The summed E-state index contributed by atoms with van der Waals surface area (Å²) in [5.74, 6) is 6.81. The fourth-order valence-corrected chi connectivity index (χ4v) is 7.77. The van der Waals surface area contributed by atoms with Crippen LogP contribution in [0, 0.1) is 6.92 Å². The summed E-state index contributed by atoms with van der Waals surface area (Å²) in [6.07, 6.45) is 20.9. The minimum atomic E-state index is 0. The monoisotopic (exact) mass is 961 g/mol. The lowest BCUT2D eigenvalue weighted by molar-refractivity contribution is -0.697. The first-order valence-electron chi connectivity index (χ1n) is 21.0. The van der Waals surface area contributed by atoms with Crippen LogP contribution < -0.4 is 67.7 Å². The number of amides is 1. The molecule has 0 atom stereocenters. The minimum Gasteiger partial charge on any atom is -1.00 e. The number of nitrogens with one attached hydrogen (secondary N) is 1. The van der Waals surface area contributed by atoms with Gasteiger partial charge in [-0.1, -0.05) is 59.7 Å². The normalized spacial score (nSPS) is 10.3. The van der Waals surface area contributed by atoms with Crippen molar-refractivity contribution in [3.8, 4) is 34.5 Å². The van der Waals surface area contributed by atoms with Gasteiger partial charge in [0, 0.05) is 97.7 Å². The fourth-order valence-electron chi connectivity index (χ4n) is 5.72. The zero-order valence-electron chi connectivity index (χ0n) is 39.2.